The molecule has 2 aromatic heterocycles. The second kappa shape index (κ2) is 9.98. The lowest BCUT2D eigenvalue weighted by Crippen LogP contribution is -2.17. The fraction of sp³-hybridized carbons (Fsp3) is 0.304. The van der Waals surface area contributed by atoms with E-state index in [0.717, 1.165) is 31.5 Å². The summed E-state index contributed by atoms with van der Waals surface area (Å²) in [6, 6.07) is 9.70. The standard InChI is InChI=1S/C23H25N3O3S2/c1-13-5-6-14(2)18(11-13)19(28)8-10-21(29)25-23-26-22(15(3)30-23)20-9-7-17(31-20)12-24-16(4)27/h5-7,9,11H,8,10,12H2,1-4H3,(H,24,27)(H,25,26,29). The van der Waals surface area contributed by atoms with Crippen molar-refractivity contribution in [1.29, 1.82) is 0 Å². The molecular weight excluding hydrogens is 430 g/mol. The topological polar surface area (TPSA) is 88.2 Å². The van der Waals surface area contributed by atoms with E-state index in [1.807, 2.05) is 51.1 Å². The number of benzene rings is 1. The van der Waals surface area contributed by atoms with Crippen LogP contribution in [0.4, 0.5) is 5.13 Å². The Morgan fingerprint density at radius 2 is 1.77 bits per heavy atom. The zero-order valence-electron chi connectivity index (χ0n) is 18.0. The number of hydrogen-bond acceptors (Lipinski definition) is 6. The summed E-state index contributed by atoms with van der Waals surface area (Å²) in [6.07, 6.45) is 0.269. The molecule has 2 N–H and O–H groups in total. The molecule has 3 rings (SSSR count). The number of ketones is 1. The highest BCUT2D eigenvalue weighted by Gasteiger charge is 2.16. The highest BCUT2D eigenvalue weighted by molar-refractivity contribution is 7.18. The highest BCUT2D eigenvalue weighted by Crippen LogP contribution is 2.34. The van der Waals surface area contributed by atoms with Crippen LogP contribution < -0.4 is 10.6 Å². The predicted molar refractivity (Wildman–Crippen MR) is 126 cm³/mol. The lowest BCUT2D eigenvalue weighted by Gasteiger charge is -2.06. The summed E-state index contributed by atoms with van der Waals surface area (Å²) in [5.41, 5.74) is 3.45. The average molecular weight is 456 g/mol. The van der Waals surface area contributed by atoms with Gasteiger partial charge in [0.25, 0.3) is 0 Å². The zero-order valence-corrected chi connectivity index (χ0v) is 19.6. The molecule has 0 saturated heterocycles. The van der Waals surface area contributed by atoms with Crippen LogP contribution in [-0.4, -0.2) is 22.6 Å². The Morgan fingerprint density at radius 3 is 2.52 bits per heavy atom. The Hall–Kier alpha value is -2.84. The summed E-state index contributed by atoms with van der Waals surface area (Å²) in [4.78, 5) is 43.5. The minimum Gasteiger partial charge on any atom is -0.351 e. The summed E-state index contributed by atoms with van der Waals surface area (Å²) in [5.74, 6) is -0.324. The molecule has 0 aliphatic heterocycles. The van der Waals surface area contributed by atoms with E-state index in [9.17, 15) is 14.4 Å². The second-order valence-electron chi connectivity index (χ2n) is 7.39. The van der Waals surface area contributed by atoms with Gasteiger partial charge in [0.2, 0.25) is 11.8 Å². The molecule has 2 heterocycles. The van der Waals surface area contributed by atoms with Crippen LogP contribution in [0.15, 0.2) is 30.3 Å². The summed E-state index contributed by atoms with van der Waals surface area (Å²) in [6.45, 7) is 7.78. The van der Waals surface area contributed by atoms with Crippen molar-refractivity contribution in [1.82, 2.24) is 10.3 Å². The molecule has 0 fully saturated rings. The van der Waals surface area contributed by atoms with Crippen molar-refractivity contribution in [3.63, 3.8) is 0 Å². The predicted octanol–water partition coefficient (Wildman–Crippen LogP) is 5.03. The molecule has 0 bridgehead atoms. The van der Waals surface area contributed by atoms with Crippen LogP contribution >= 0.6 is 22.7 Å². The van der Waals surface area contributed by atoms with Crippen LogP contribution in [-0.2, 0) is 16.1 Å². The van der Waals surface area contributed by atoms with E-state index in [4.69, 9.17) is 0 Å². The SMILES string of the molecule is CC(=O)NCc1ccc(-c2nc(NC(=O)CCC(=O)c3cc(C)ccc3C)sc2C)s1. The smallest absolute Gasteiger partial charge is 0.226 e. The van der Waals surface area contributed by atoms with Gasteiger partial charge in [0.15, 0.2) is 10.9 Å². The molecule has 8 heteroatoms. The number of aryl methyl sites for hydroxylation is 3. The molecule has 0 aliphatic carbocycles. The van der Waals surface area contributed by atoms with Gasteiger partial charge >= 0.3 is 0 Å². The summed E-state index contributed by atoms with van der Waals surface area (Å²) >= 11 is 2.97. The van der Waals surface area contributed by atoms with Crippen molar-refractivity contribution in [2.24, 2.45) is 0 Å². The van der Waals surface area contributed by atoms with Gasteiger partial charge in [0.05, 0.1) is 17.1 Å². The highest BCUT2D eigenvalue weighted by atomic mass is 32.1. The Bertz CT molecular complexity index is 1130. The Labute approximate surface area is 189 Å². The monoisotopic (exact) mass is 455 g/mol. The molecule has 0 spiro atoms. The minimum absolute atomic E-state index is 0.0300. The van der Waals surface area contributed by atoms with Crippen molar-refractivity contribution in [3.8, 4) is 10.6 Å². The molecule has 3 aromatic rings. The lowest BCUT2D eigenvalue weighted by molar-refractivity contribution is -0.119. The van der Waals surface area contributed by atoms with E-state index >= 15 is 0 Å². The van der Waals surface area contributed by atoms with Crippen LogP contribution in [0.25, 0.3) is 10.6 Å². The number of thiazole rings is 1. The Kier molecular flexibility index (Phi) is 7.35. The molecule has 0 aliphatic rings. The zero-order chi connectivity index (χ0) is 22.5. The quantitative estimate of drug-likeness (QED) is 0.466. The first kappa shape index (κ1) is 22.8. The van der Waals surface area contributed by atoms with Gasteiger partial charge < -0.3 is 10.6 Å². The Balaban J connectivity index is 1.59. The first-order chi connectivity index (χ1) is 14.7. The second-order valence-corrected chi connectivity index (χ2v) is 9.76. The van der Waals surface area contributed by atoms with Gasteiger partial charge in [-0.25, -0.2) is 4.98 Å². The average Bonchev–Trinajstić information content (AvgIpc) is 3.32. The van der Waals surface area contributed by atoms with Crippen LogP contribution in [0.2, 0.25) is 0 Å². The van der Waals surface area contributed by atoms with Gasteiger partial charge in [0, 0.05) is 35.1 Å². The number of rotatable bonds is 8. The fourth-order valence-corrected chi connectivity index (χ4v) is 4.97. The summed E-state index contributed by atoms with van der Waals surface area (Å²) in [7, 11) is 0. The third-order valence-corrected chi connectivity index (χ3v) is 6.70. The third kappa shape index (κ3) is 6.08. The first-order valence-electron chi connectivity index (χ1n) is 9.94. The number of nitrogens with one attached hydrogen (secondary N) is 2. The number of carbonyl (C=O) groups excluding carboxylic acids is 3. The maximum absolute atomic E-state index is 12.5. The van der Waals surface area contributed by atoms with E-state index in [-0.39, 0.29) is 30.4 Å². The molecule has 162 valence electrons. The van der Waals surface area contributed by atoms with E-state index < -0.39 is 0 Å². The number of hydrogen-bond donors (Lipinski definition) is 2. The number of nitrogens with zero attached hydrogens (tertiary/aromatic N) is 1. The van der Waals surface area contributed by atoms with Crippen LogP contribution in [0.1, 0.15) is 51.0 Å². The summed E-state index contributed by atoms with van der Waals surface area (Å²) < 4.78 is 0. The van der Waals surface area contributed by atoms with Crippen molar-refractivity contribution in [3.05, 3.63) is 56.8 Å². The van der Waals surface area contributed by atoms with Gasteiger partial charge in [-0.05, 0) is 44.5 Å². The number of amides is 2. The maximum Gasteiger partial charge on any atom is 0.226 e. The van der Waals surface area contributed by atoms with Crippen molar-refractivity contribution < 1.29 is 14.4 Å². The Morgan fingerprint density at radius 1 is 1.00 bits per heavy atom. The van der Waals surface area contributed by atoms with Gasteiger partial charge in [-0.3, -0.25) is 14.4 Å². The van der Waals surface area contributed by atoms with Crippen LogP contribution in [0.5, 0.6) is 0 Å². The molecule has 6 nitrogen and oxygen atoms in total. The molecule has 0 saturated carbocycles. The van der Waals surface area contributed by atoms with E-state index in [0.29, 0.717) is 17.2 Å². The molecule has 1 aromatic carbocycles. The van der Waals surface area contributed by atoms with Gasteiger partial charge in [-0.15, -0.1) is 22.7 Å². The van der Waals surface area contributed by atoms with Crippen LogP contribution in [0, 0.1) is 20.8 Å². The minimum atomic E-state index is -0.225. The number of thiophene rings is 1. The first-order valence-corrected chi connectivity index (χ1v) is 11.6. The molecule has 2 amide bonds. The van der Waals surface area contributed by atoms with Crippen molar-refractivity contribution >= 4 is 45.4 Å². The van der Waals surface area contributed by atoms with Gasteiger partial charge in [-0.2, -0.15) is 0 Å². The molecule has 0 radical (unpaired) electrons. The van der Waals surface area contributed by atoms with Crippen molar-refractivity contribution in [2.45, 2.75) is 47.1 Å². The van der Waals surface area contributed by atoms with Crippen LogP contribution in [0.3, 0.4) is 0 Å². The van der Waals surface area contributed by atoms with E-state index in [1.165, 1.54) is 18.3 Å². The molecular formula is C23H25N3O3S2. The van der Waals surface area contributed by atoms with E-state index in [1.54, 1.807) is 11.3 Å². The lowest BCUT2D eigenvalue weighted by atomic mass is 9.99. The largest absolute Gasteiger partial charge is 0.351 e. The normalized spacial score (nSPS) is 10.7. The number of carbonyl (C=O) groups is 3. The molecule has 0 atom stereocenters. The number of anilines is 1. The van der Waals surface area contributed by atoms with E-state index in [2.05, 4.69) is 15.6 Å². The van der Waals surface area contributed by atoms with Crippen molar-refractivity contribution in [2.75, 3.05) is 5.32 Å². The molecule has 31 heavy (non-hydrogen) atoms. The number of Topliss-reactive ketones (excluding diaryl/α,β-unsaturated/α-hetero) is 1. The maximum atomic E-state index is 12.5. The van der Waals surface area contributed by atoms with Gasteiger partial charge in [-0.1, -0.05) is 17.7 Å². The number of aromatic nitrogens is 1. The summed E-state index contributed by atoms with van der Waals surface area (Å²) in [5, 5.41) is 6.12. The fourth-order valence-electron chi connectivity index (χ4n) is 3.07. The van der Waals surface area contributed by atoms with Gasteiger partial charge in [0.1, 0.15) is 0 Å². The third-order valence-electron chi connectivity index (χ3n) is 4.72. The molecule has 0 unspecified atom stereocenters.